The number of benzene rings is 8. The Hall–Kier alpha value is -7.17. The van der Waals surface area contributed by atoms with Gasteiger partial charge in [-0.1, -0.05) is 164 Å². The molecule has 0 fully saturated rings. The van der Waals surface area contributed by atoms with E-state index < -0.39 is 0 Å². The molecule has 0 atom stereocenters. The quantitative estimate of drug-likeness (QED) is 0.165. The van der Waals surface area contributed by atoms with Crippen molar-refractivity contribution in [3.8, 4) is 62.1 Å². The van der Waals surface area contributed by atoms with Crippen LogP contribution >= 0.6 is 0 Å². The van der Waals surface area contributed by atoms with E-state index in [1.807, 2.05) is 18.2 Å². The fourth-order valence-corrected chi connectivity index (χ4v) is 7.39. The van der Waals surface area contributed by atoms with Gasteiger partial charge in [0.25, 0.3) is 0 Å². The lowest BCUT2D eigenvalue weighted by Gasteiger charge is -2.12. The molecule has 53 heavy (non-hydrogen) atoms. The molecule has 10 rings (SSSR count). The largest absolute Gasteiger partial charge is 0.292 e. The lowest BCUT2D eigenvalue weighted by molar-refractivity contribution is 1.10. The van der Waals surface area contributed by atoms with Crippen LogP contribution in [0.5, 0.6) is 0 Å². The van der Waals surface area contributed by atoms with Crippen LogP contribution in [0.25, 0.3) is 94.7 Å². The molecule has 0 unspecified atom stereocenters. The summed E-state index contributed by atoms with van der Waals surface area (Å²) in [4.78, 5) is 15.7. The van der Waals surface area contributed by atoms with Crippen LogP contribution in [0.4, 0.5) is 0 Å². The third-order valence-electron chi connectivity index (χ3n) is 10.0. The minimum atomic E-state index is 0.688. The molecule has 2 aromatic heterocycles. The number of fused-ring (bicyclic) bond motifs is 5. The van der Waals surface area contributed by atoms with Gasteiger partial charge in [-0.25, -0.2) is 15.0 Å². The van der Waals surface area contributed by atoms with Crippen molar-refractivity contribution in [2.45, 2.75) is 0 Å². The second-order valence-corrected chi connectivity index (χ2v) is 13.3. The molecular formula is C49H32N4. The van der Waals surface area contributed by atoms with Crippen LogP contribution in [0.2, 0.25) is 0 Å². The fourth-order valence-electron chi connectivity index (χ4n) is 7.39. The Bertz CT molecular complexity index is 2900. The van der Waals surface area contributed by atoms with Gasteiger partial charge in [0.05, 0.1) is 22.4 Å². The van der Waals surface area contributed by atoms with Crippen molar-refractivity contribution in [3.05, 3.63) is 194 Å². The van der Waals surface area contributed by atoms with Crippen LogP contribution in [-0.2, 0) is 0 Å². The average molecular weight is 677 g/mol. The van der Waals surface area contributed by atoms with Crippen LogP contribution in [-0.4, -0.2) is 19.5 Å². The third kappa shape index (κ3) is 5.54. The minimum Gasteiger partial charge on any atom is -0.292 e. The molecule has 0 N–H and O–H groups in total. The van der Waals surface area contributed by atoms with E-state index in [2.05, 4.69) is 180 Å². The van der Waals surface area contributed by atoms with Gasteiger partial charge in [0.1, 0.15) is 5.82 Å². The Kier molecular flexibility index (Phi) is 7.43. The molecule has 2 heterocycles. The third-order valence-corrected chi connectivity index (χ3v) is 10.0. The molecule has 0 bridgehead atoms. The lowest BCUT2D eigenvalue weighted by atomic mass is 9.98. The molecule has 0 spiro atoms. The van der Waals surface area contributed by atoms with E-state index in [-0.39, 0.29) is 0 Å². The van der Waals surface area contributed by atoms with Gasteiger partial charge in [-0.2, -0.15) is 0 Å². The zero-order valence-electron chi connectivity index (χ0n) is 28.8. The molecule has 8 aromatic carbocycles. The molecular weight excluding hydrogens is 645 g/mol. The van der Waals surface area contributed by atoms with Crippen LogP contribution in [0, 0.1) is 0 Å². The molecule has 4 heteroatoms. The van der Waals surface area contributed by atoms with Crippen molar-refractivity contribution in [3.63, 3.8) is 0 Å². The maximum atomic E-state index is 5.37. The predicted octanol–water partition coefficient (Wildman–Crippen LogP) is 12.5. The number of hydrogen-bond donors (Lipinski definition) is 0. The lowest BCUT2D eigenvalue weighted by Crippen LogP contribution is -1.97. The van der Waals surface area contributed by atoms with E-state index in [1.54, 1.807) is 0 Å². The second kappa shape index (κ2) is 12.9. The number of para-hydroxylation sites is 1. The highest BCUT2D eigenvalue weighted by Gasteiger charge is 2.18. The highest BCUT2D eigenvalue weighted by Crippen LogP contribution is 2.38. The number of imidazole rings is 1. The van der Waals surface area contributed by atoms with E-state index >= 15 is 0 Å². The first kappa shape index (κ1) is 30.6. The SMILES string of the molecule is c1ccc(-c2ccc(-c3cc(-c4ccccc4)nc(-c4ccc5c(ccc6ccc7c(nc(-c8ccccc8)n7-c7ccccc7)c65)c4)n3)cc2)cc1. The van der Waals surface area contributed by atoms with Gasteiger partial charge in [-0.05, 0) is 57.6 Å². The second-order valence-electron chi connectivity index (χ2n) is 13.3. The molecule has 0 saturated carbocycles. The van der Waals surface area contributed by atoms with Crippen molar-refractivity contribution in [2.24, 2.45) is 0 Å². The normalized spacial score (nSPS) is 11.4. The minimum absolute atomic E-state index is 0.688. The maximum absolute atomic E-state index is 5.37. The van der Waals surface area contributed by atoms with E-state index in [4.69, 9.17) is 15.0 Å². The molecule has 0 amide bonds. The van der Waals surface area contributed by atoms with Crippen molar-refractivity contribution in [1.82, 2.24) is 19.5 Å². The summed E-state index contributed by atoms with van der Waals surface area (Å²) < 4.78 is 2.27. The van der Waals surface area contributed by atoms with E-state index in [0.29, 0.717) is 5.82 Å². The van der Waals surface area contributed by atoms with Crippen LogP contribution in [0.1, 0.15) is 0 Å². The van der Waals surface area contributed by atoms with Gasteiger partial charge in [0.15, 0.2) is 5.82 Å². The number of hydrogen-bond acceptors (Lipinski definition) is 3. The molecule has 4 nitrogen and oxygen atoms in total. The molecule has 0 aliphatic heterocycles. The van der Waals surface area contributed by atoms with Crippen molar-refractivity contribution in [1.29, 1.82) is 0 Å². The number of rotatable bonds is 6. The van der Waals surface area contributed by atoms with Crippen molar-refractivity contribution in [2.75, 3.05) is 0 Å². The Morgan fingerprint density at radius 1 is 0.358 bits per heavy atom. The molecule has 0 aliphatic rings. The van der Waals surface area contributed by atoms with E-state index in [0.717, 1.165) is 77.7 Å². The van der Waals surface area contributed by atoms with Gasteiger partial charge in [0, 0.05) is 33.3 Å². The highest BCUT2D eigenvalue weighted by atomic mass is 15.1. The molecule has 0 radical (unpaired) electrons. The van der Waals surface area contributed by atoms with Crippen molar-refractivity contribution >= 4 is 32.6 Å². The summed E-state index contributed by atoms with van der Waals surface area (Å²) >= 11 is 0. The average Bonchev–Trinajstić information content (AvgIpc) is 3.64. The highest BCUT2D eigenvalue weighted by molar-refractivity contribution is 6.19. The van der Waals surface area contributed by atoms with Gasteiger partial charge in [-0.15, -0.1) is 0 Å². The summed E-state index contributed by atoms with van der Waals surface area (Å²) in [5, 5.41) is 4.54. The summed E-state index contributed by atoms with van der Waals surface area (Å²) in [7, 11) is 0. The van der Waals surface area contributed by atoms with E-state index in [1.165, 1.54) is 11.1 Å². The first-order chi connectivity index (χ1) is 26.3. The van der Waals surface area contributed by atoms with Gasteiger partial charge < -0.3 is 0 Å². The van der Waals surface area contributed by atoms with Crippen LogP contribution in [0.15, 0.2) is 194 Å². The first-order valence-electron chi connectivity index (χ1n) is 17.9. The van der Waals surface area contributed by atoms with E-state index in [9.17, 15) is 0 Å². The zero-order chi connectivity index (χ0) is 35.1. The standard InChI is InChI=1S/C49H32N4/c1-5-13-33(14-6-1)34-21-23-36(24-22-34)44-32-43(35-15-7-2-8-16-35)50-48(51-44)40-27-29-42-39(31-40)26-25-37-28-30-45-47(46(37)42)52-49(38-17-9-3-10-18-38)53(45)41-19-11-4-12-20-41/h1-32H. The monoisotopic (exact) mass is 676 g/mol. The summed E-state index contributed by atoms with van der Waals surface area (Å²) in [6.45, 7) is 0. The van der Waals surface area contributed by atoms with Crippen LogP contribution in [0.3, 0.4) is 0 Å². The molecule has 0 saturated heterocycles. The Morgan fingerprint density at radius 2 is 0.868 bits per heavy atom. The van der Waals surface area contributed by atoms with Gasteiger partial charge >= 0.3 is 0 Å². The number of aromatic nitrogens is 4. The summed E-state index contributed by atoms with van der Waals surface area (Å²) in [6.07, 6.45) is 0. The molecule has 248 valence electrons. The summed E-state index contributed by atoms with van der Waals surface area (Å²) in [6, 6.07) is 67.8. The topological polar surface area (TPSA) is 43.6 Å². The Morgan fingerprint density at radius 3 is 1.55 bits per heavy atom. The van der Waals surface area contributed by atoms with Gasteiger partial charge in [0.2, 0.25) is 0 Å². The van der Waals surface area contributed by atoms with Gasteiger partial charge in [-0.3, -0.25) is 4.57 Å². The Labute approximate surface area is 307 Å². The number of nitrogens with zero attached hydrogens (tertiary/aromatic N) is 4. The summed E-state index contributed by atoms with van der Waals surface area (Å²) in [5.74, 6) is 1.61. The fraction of sp³-hybridized carbons (Fsp3) is 0. The summed E-state index contributed by atoms with van der Waals surface area (Å²) in [5.41, 5.74) is 11.4. The van der Waals surface area contributed by atoms with Crippen LogP contribution < -0.4 is 0 Å². The van der Waals surface area contributed by atoms with Crippen molar-refractivity contribution < 1.29 is 0 Å². The maximum Gasteiger partial charge on any atom is 0.160 e. The smallest absolute Gasteiger partial charge is 0.160 e. The molecule has 10 aromatic rings. The molecule has 0 aliphatic carbocycles. The zero-order valence-corrected chi connectivity index (χ0v) is 28.8. The predicted molar refractivity (Wildman–Crippen MR) is 219 cm³/mol. The first-order valence-corrected chi connectivity index (χ1v) is 17.9. The Balaban J connectivity index is 1.14.